The summed E-state index contributed by atoms with van der Waals surface area (Å²) < 4.78 is 60.8. The van der Waals surface area contributed by atoms with E-state index < -0.39 is 54.6 Å². The molecule has 3 unspecified atom stereocenters. The largest absolute Gasteiger partial charge is 0.490 e. The van der Waals surface area contributed by atoms with Crippen LogP contribution in [0.2, 0.25) is 0 Å². The summed E-state index contributed by atoms with van der Waals surface area (Å²) in [6.45, 7) is -1.31. The average molecular weight is 519 g/mol. The molecule has 0 saturated heterocycles. The molecular weight excluding hydrogens is 502 g/mol. The minimum atomic E-state index is -5.69. The van der Waals surface area contributed by atoms with E-state index >= 15 is 0 Å². The predicted octanol–water partition coefficient (Wildman–Crippen LogP) is 0.385. The Labute approximate surface area is 178 Å². The summed E-state index contributed by atoms with van der Waals surface area (Å²) in [5.74, 6) is -1.70. The zero-order valence-electron chi connectivity index (χ0n) is 15.6. The molecule has 0 amide bonds. The number of nitrogens with two attached hydrogens (primary N) is 1. The lowest BCUT2D eigenvalue weighted by Gasteiger charge is -2.46. The van der Waals surface area contributed by atoms with E-state index in [1.54, 1.807) is 0 Å². The van der Waals surface area contributed by atoms with Crippen molar-refractivity contribution in [1.29, 1.82) is 0 Å². The van der Waals surface area contributed by atoms with Gasteiger partial charge in [0.25, 0.3) is 0 Å². The fourth-order valence-corrected chi connectivity index (χ4v) is 6.37. The molecule has 32 heavy (non-hydrogen) atoms. The Bertz CT molecular complexity index is 1180. The summed E-state index contributed by atoms with van der Waals surface area (Å²) in [6.07, 6.45) is 2.65. The molecule has 16 nitrogen and oxygen atoms in total. The van der Waals surface area contributed by atoms with Gasteiger partial charge in [-0.3, -0.25) is 4.52 Å². The van der Waals surface area contributed by atoms with Crippen molar-refractivity contribution in [3.8, 4) is 0 Å². The predicted molar refractivity (Wildman–Crippen MR) is 102 cm³/mol. The molecule has 0 radical (unpaired) electrons. The van der Waals surface area contributed by atoms with Crippen LogP contribution in [-0.2, 0) is 26.8 Å². The second-order valence-electron chi connectivity index (χ2n) is 6.48. The lowest BCUT2D eigenvalue weighted by Crippen LogP contribution is -2.45. The highest BCUT2D eigenvalue weighted by molar-refractivity contribution is 7.66. The Hall–Kier alpha value is -1.61. The van der Waals surface area contributed by atoms with Crippen molar-refractivity contribution in [2.24, 2.45) is 11.8 Å². The number of nitrogen functional groups attached to an aromatic ring is 1. The zero-order valence-corrected chi connectivity index (χ0v) is 18.3. The molecular formula is C12H17FN5O11P3. The van der Waals surface area contributed by atoms with Crippen LogP contribution in [-0.4, -0.2) is 57.4 Å². The molecule has 7 N–H and O–H groups in total. The van der Waals surface area contributed by atoms with Gasteiger partial charge in [0.15, 0.2) is 11.5 Å². The van der Waals surface area contributed by atoms with Crippen molar-refractivity contribution >= 4 is 40.4 Å². The van der Waals surface area contributed by atoms with Crippen molar-refractivity contribution in [2.75, 3.05) is 18.9 Å². The number of anilines is 1. The summed E-state index contributed by atoms with van der Waals surface area (Å²) in [5, 5.41) is 9.76. The fraction of sp³-hybridized carbons (Fsp3) is 0.417. The third kappa shape index (κ3) is 5.30. The lowest BCUT2D eigenvalue weighted by atomic mass is 9.66. The Morgan fingerprint density at radius 3 is 2.41 bits per heavy atom. The maximum Gasteiger partial charge on any atom is 0.490 e. The van der Waals surface area contributed by atoms with Gasteiger partial charge in [0.1, 0.15) is 11.8 Å². The van der Waals surface area contributed by atoms with Crippen LogP contribution in [0.25, 0.3) is 11.2 Å². The molecule has 178 valence electrons. The molecule has 1 aliphatic carbocycles. The zero-order chi connectivity index (χ0) is 23.9. The smallest absolute Gasteiger partial charge is 0.396 e. The molecule has 0 spiro atoms. The van der Waals surface area contributed by atoms with E-state index in [1.807, 2.05) is 0 Å². The summed E-state index contributed by atoms with van der Waals surface area (Å²) in [4.78, 5) is 47.7. The molecule has 2 aromatic rings. The van der Waals surface area contributed by atoms with Gasteiger partial charge < -0.3 is 35.0 Å². The number of aromatic nitrogens is 4. The molecule has 5 atom stereocenters. The third-order valence-corrected chi connectivity index (χ3v) is 8.35. The summed E-state index contributed by atoms with van der Waals surface area (Å²) >= 11 is 0. The van der Waals surface area contributed by atoms with Gasteiger partial charge >= 0.3 is 23.5 Å². The molecule has 0 aliphatic heterocycles. The summed E-state index contributed by atoms with van der Waals surface area (Å²) in [7, 11) is -16.6. The molecule has 2 aromatic heterocycles. The van der Waals surface area contributed by atoms with Crippen molar-refractivity contribution in [3.05, 3.63) is 24.6 Å². The van der Waals surface area contributed by atoms with Crippen LogP contribution in [0.5, 0.6) is 0 Å². The molecule has 1 fully saturated rings. The van der Waals surface area contributed by atoms with Gasteiger partial charge in [-0.05, 0) is 5.57 Å². The first-order valence-corrected chi connectivity index (χ1v) is 12.9. The highest BCUT2D eigenvalue weighted by atomic mass is 31.3. The maximum absolute atomic E-state index is 13.7. The molecule has 3 rings (SSSR count). The Morgan fingerprint density at radius 2 is 1.81 bits per heavy atom. The summed E-state index contributed by atoms with van der Waals surface area (Å²) in [6, 6.07) is -0.821. The van der Waals surface area contributed by atoms with Crippen molar-refractivity contribution < 1.29 is 55.9 Å². The quantitative estimate of drug-likeness (QED) is 0.245. The molecule has 1 saturated carbocycles. The van der Waals surface area contributed by atoms with Crippen LogP contribution in [0, 0.1) is 11.8 Å². The van der Waals surface area contributed by atoms with Crippen LogP contribution < -0.4 is 5.73 Å². The average Bonchev–Trinajstić information content (AvgIpc) is 3.03. The van der Waals surface area contributed by atoms with Gasteiger partial charge in [-0.1, -0.05) is 0 Å². The van der Waals surface area contributed by atoms with Crippen LogP contribution in [0.3, 0.4) is 0 Å². The minimum Gasteiger partial charge on any atom is -0.396 e. The topological polar surface area (TPSA) is 250 Å². The van der Waals surface area contributed by atoms with E-state index in [1.165, 1.54) is 10.9 Å². The van der Waals surface area contributed by atoms with Crippen LogP contribution in [0.4, 0.5) is 10.2 Å². The highest BCUT2D eigenvalue weighted by Crippen LogP contribution is 2.66. The number of hydrogen-bond acceptors (Lipinski definition) is 11. The number of imidazole rings is 1. The Balaban J connectivity index is 1.75. The fourth-order valence-electron chi connectivity index (χ4n) is 3.33. The first-order valence-electron chi connectivity index (χ1n) is 8.41. The third-order valence-electron chi connectivity index (χ3n) is 4.55. The van der Waals surface area contributed by atoms with E-state index in [-0.39, 0.29) is 28.9 Å². The standard InChI is InChI=1S/C12H17FN5O11P3/c13-1-6-8(3-27-31(23,24)29-32(25,26)28-30(20,21)22)7(2-19)10(6)18-5-17-9-11(14)15-4-16-12(9)18/h1,4-5,7-8,10,19H,2-3H2,(H,23,24)(H,25,26)(H2,14,15,16)(H2,20,21,22)/b6-1-/t7?,8-,10+/m1/s1. The van der Waals surface area contributed by atoms with Crippen LogP contribution in [0.1, 0.15) is 6.04 Å². The molecule has 1 aliphatic rings. The van der Waals surface area contributed by atoms with E-state index in [0.29, 0.717) is 0 Å². The number of aliphatic hydroxyl groups excluding tert-OH is 1. The van der Waals surface area contributed by atoms with Crippen molar-refractivity contribution in [1.82, 2.24) is 19.5 Å². The number of aliphatic hydroxyl groups is 1. The number of hydrogen-bond donors (Lipinski definition) is 6. The minimum absolute atomic E-state index is 0.000757. The first kappa shape index (κ1) is 25.0. The summed E-state index contributed by atoms with van der Waals surface area (Å²) in [5.41, 5.74) is 6.19. The Morgan fingerprint density at radius 1 is 1.12 bits per heavy atom. The first-order chi connectivity index (χ1) is 14.8. The molecule has 20 heteroatoms. The number of rotatable bonds is 9. The van der Waals surface area contributed by atoms with E-state index in [4.69, 9.17) is 15.5 Å². The second-order valence-corrected chi connectivity index (χ2v) is 10.9. The van der Waals surface area contributed by atoms with Gasteiger partial charge in [-0.2, -0.15) is 8.62 Å². The number of halogens is 1. The van der Waals surface area contributed by atoms with Crippen molar-refractivity contribution in [2.45, 2.75) is 6.04 Å². The normalized spacial score (nSPS) is 26.6. The van der Waals surface area contributed by atoms with Gasteiger partial charge in [-0.15, -0.1) is 0 Å². The second kappa shape index (κ2) is 8.97. The molecule has 0 bridgehead atoms. The molecule has 0 aromatic carbocycles. The van der Waals surface area contributed by atoms with Gasteiger partial charge in [0, 0.05) is 18.4 Å². The SMILES string of the molecule is Nc1ncnc2c1ncn2[C@H]1/C(=C\F)[C@@H](COP(=O)(O)OP(=O)(O)OP(=O)(O)O)C1CO. The molecule has 2 heterocycles. The van der Waals surface area contributed by atoms with Crippen molar-refractivity contribution in [3.63, 3.8) is 0 Å². The number of fused-ring (bicyclic) bond motifs is 1. The monoisotopic (exact) mass is 519 g/mol. The lowest BCUT2D eigenvalue weighted by molar-refractivity contribution is 0.0476. The maximum atomic E-state index is 13.7. The number of phosphoric acid groups is 3. The van der Waals surface area contributed by atoms with E-state index in [9.17, 15) is 33.0 Å². The number of phosphoric ester groups is 1. The van der Waals surface area contributed by atoms with Crippen LogP contribution >= 0.6 is 23.5 Å². The van der Waals surface area contributed by atoms with Gasteiger partial charge in [0.2, 0.25) is 0 Å². The van der Waals surface area contributed by atoms with Crippen LogP contribution in [0.15, 0.2) is 24.6 Å². The highest BCUT2D eigenvalue weighted by Gasteiger charge is 2.49. The van der Waals surface area contributed by atoms with E-state index in [0.717, 1.165) is 6.33 Å². The van der Waals surface area contributed by atoms with Gasteiger partial charge in [-0.25, -0.2) is 33.0 Å². The van der Waals surface area contributed by atoms with Gasteiger partial charge in [0.05, 0.1) is 25.3 Å². The Kier molecular flexibility index (Phi) is 7.01. The number of nitrogens with zero attached hydrogens (tertiary/aromatic N) is 4. The van der Waals surface area contributed by atoms with E-state index in [2.05, 4.69) is 28.1 Å².